The molecule has 0 amide bonds. The Morgan fingerprint density at radius 1 is 1.50 bits per heavy atom. The molecule has 0 fully saturated rings. The molecule has 4 heteroatoms. The molecule has 1 aromatic heterocycles. The van der Waals surface area contributed by atoms with Crippen molar-refractivity contribution < 1.29 is 9.90 Å². The molecule has 16 heavy (non-hydrogen) atoms. The first-order valence-corrected chi connectivity index (χ1v) is 5.08. The summed E-state index contributed by atoms with van der Waals surface area (Å²) in [6.07, 6.45) is 4.60. The number of carboxylic acids is 1. The molecule has 1 heterocycles. The van der Waals surface area contributed by atoms with E-state index in [9.17, 15) is 4.79 Å². The lowest BCUT2D eigenvalue weighted by molar-refractivity contribution is 0.0697. The van der Waals surface area contributed by atoms with E-state index >= 15 is 0 Å². The SMILES string of the molecule is CCc1cnn(-c2cccc(C(=O)O)c2)c1. The van der Waals surface area contributed by atoms with Crippen LogP contribution in [0.2, 0.25) is 0 Å². The zero-order chi connectivity index (χ0) is 11.5. The van der Waals surface area contributed by atoms with Crippen molar-refractivity contribution in [2.45, 2.75) is 13.3 Å². The third kappa shape index (κ3) is 1.95. The largest absolute Gasteiger partial charge is 0.478 e. The summed E-state index contributed by atoms with van der Waals surface area (Å²) in [6, 6.07) is 6.72. The van der Waals surface area contributed by atoms with Gasteiger partial charge in [0.15, 0.2) is 0 Å². The number of aryl methyl sites for hydroxylation is 1. The minimum atomic E-state index is -0.926. The number of hydrogen-bond donors (Lipinski definition) is 1. The maximum Gasteiger partial charge on any atom is 0.335 e. The fraction of sp³-hybridized carbons (Fsp3) is 0.167. The van der Waals surface area contributed by atoms with Crippen molar-refractivity contribution in [3.8, 4) is 5.69 Å². The van der Waals surface area contributed by atoms with Gasteiger partial charge in [-0.1, -0.05) is 13.0 Å². The first kappa shape index (κ1) is 10.4. The van der Waals surface area contributed by atoms with Crippen LogP contribution >= 0.6 is 0 Å². The third-order valence-corrected chi connectivity index (χ3v) is 2.40. The lowest BCUT2D eigenvalue weighted by Crippen LogP contribution is -1.99. The highest BCUT2D eigenvalue weighted by Crippen LogP contribution is 2.11. The summed E-state index contributed by atoms with van der Waals surface area (Å²) in [6.45, 7) is 2.05. The number of hydrogen-bond acceptors (Lipinski definition) is 2. The minimum Gasteiger partial charge on any atom is -0.478 e. The van der Waals surface area contributed by atoms with Gasteiger partial charge in [0.05, 0.1) is 17.4 Å². The van der Waals surface area contributed by atoms with E-state index in [1.54, 1.807) is 29.1 Å². The Morgan fingerprint density at radius 3 is 2.94 bits per heavy atom. The van der Waals surface area contributed by atoms with Gasteiger partial charge in [0, 0.05) is 6.20 Å². The van der Waals surface area contributed by atoms with Crippen molar-refractivity contribution in [2.75, 3.05) is 0 Å². The van der Waals surface area contributed by atoms with E-state index in [1.807, 2.05) is 12.3 Å². The van der Waals surface area contributed by atoms with Crippen LogP contribution in [-0.2, 0) is 6.42 Å². The van der Waals surface area contributed by atoms with Crippen molar-refractivity contribution in [1.29, 1.82) is 0 Å². The van der Waals surface area contributed by atoms with Crippen LogP contribution < -0.4 is 0 Å². The number of carbonyl (C=O) groups is 1. The van der Waals surface area contributed by atoms with Gasteiger partial charge in [-0.05, 0) is 30.2 Å². The predicted molar refractivity (Wildman–Crippen MR) is 59.9 cm³/mol. The minimum absolute atomic E-state index is 0.269. The topological polar surface area (TPSA) is 55.1 Å². The molecule has 4 nitrogen and oxygen atoms in total. The maximum atomic E-state index is 10.8. The zero-order valence-corrected chi connectivity index (χ0v) is 8.92. The molecule has 1 N–H and O–H groups in total. The van der Waals surface area contributed by atoms with Gasteiger partial charge in [-0.25, -0.2) is 9.48 Å². The van der Waals surface area contributed by atoms with Crippen molar-refractivity contribution in [1.82, 2.24) is 9.78 Å². The summed E-state index contributed by atoms with van der Waals surface area (Å²) in [5.41, 5.74) is 2.16. The third-order valence-electron chi connectivity index (χ3n) is 2.40. The lowest BCUT2D eigenvalue weighted by Gasteiger charge is -2.01. The fourth-order valence-electron chi connectivity index (χ4n) is 1.47. The van der Waals surface area contributed by atoms with Crippen LogP contribution in [0.5, 0.6) is 0 Å². The second kappa shape index (κ2) is 4.18. The molecule has 0 spiro atoms. The van der Waals surface area contributed by atoms with Gasteiger partial charge in [0.2, 0.25) is 0 Å². The quantitative estimate of drug-likeness (QED) is 0.855. The van der Waals surface area contributed by atoms with Crippen molar-refractivity contribution in [3.63, 3.8) is 0 Å². The van der Waals surface area contributed by atoms with Crippen molar-refractivity contribution >= 4 is 5.97 Å². The fourth-order valence-corrected chi connectivity index (χ4v) is 1.47. The molecule has 0 aliphatic rings. The first-order valence-electron chi connectivity index (χ1n) is 5.08. The van der Waals surface area contributed by atoms with E-state index in [1.165, 1.54) is 0 Å². The molecule has 1 aromatic carbocycles. The average Bonchev–Trinajstić information content (AvgIpc) is 2.77. The van der Waals surface area contributed by atoms with Crippen LogP contribution in [0.4, 0.5) is 0 Å². The predicted octanol–water partition coefficient (Wildman–Crippen LogP) is 2.13. The molecule has 0 aliphatic heterocycles. The monoisotopic (exact) mass is 216 g/mol. The number of carboxylic acid groups (broad SMARTS) is 1. The van der Waals surface area contributed by atoms with Crippen LogP contribution in [0, 0.1) is 0 Å². The van der Waals surface area contributed by atoms with Crippen LogP contribution in [0.25, 0.3) is 5.69 Å². The van der Waals surface area contributed by atoms with Gasteiger partial charge >= 0.3 is 5.97 Å². The number of rotatable bonds is 3. The summed E-state index contributed by atoms with van der Waals surface area (Å²) >= 11 is 0. The van der Waals surface area contributed by atoms with Crippen LogP contribution in [-0.4, -0.2) is 20.9 Å². The van der Waals surface area contributed by atoms with Gasteiger partial charge in [-0.3, -0.25) is 0 Å². The van der Waals surface area contributed by atoms with E-state index in [-0.39, 0.29) is 5.56 Å². The van der Waals surface area contributed by atoms with E-state index in [0.29, 0.717) is 0 Å². The molecule has 0 unspecified atom stereocenters. The Balaban J connectivity index is 2.40. The molecule has 0 saturated carbocycles. The molecule has 0 saturated heterocycles. The first-order chi connectivity index (χ1) is 7.70. The van der Waals surface area contributed by atoms with Crippen molar-refractivity contribution in [2.24, 2.45) is 0 Å². The Labute approximate surface area is 93.1 Å². The second-order valence-electron chi connectivity index (χ2n) is 3.50. The number of nitrogens with zero attached hydrogens (tertiary/aromatic N) is 2. The average molecular weight is 216 g/mol. The van der Waals surface area contributed by atoms with Gasteiger partial charge in [0.1, 0.15) is 0 Å². The van der Waals surface area contributed by atoms with Crippen LogP contribution in [0.1, 0.15) is 22.8 Å². The molecule has 0 aliphatic carbocycles. The number of benzene rings is 1. The highest BCUT2D eigenvalue weighted by molar-refractivity contribution is 5.88. The summed E-state index contributed by atoms with van der Waals surface area (Å²) in [4.78, 5) is 10.8. The van der Waals surface area contributed by atoms with Gasteiger partial charge in [0.25, 0.3) is 0 Å². The molecule has 2 rings (SSSR count). The van der Waals surface area contributed by atoms with Gasteiger partial charge in [-0.2, -0.15) is 5.10 Å². The Hall–Kier alpha value is -2.10. The molecular formula is C12H12N2O2. The summed E-state index contributed by atoms with van der Waals surface area (Å²) in [7, 11) is 0. The van der Waals surface area contributed by atoms with E-state index in [0.717, 1.165) is 17.7 Å². The Kier molecular flexibility index (Phi) is 2.72. The Morgan fingerprint density at radius 2 is 2.31 bits per heavy atom. The van der Waals surface area contributed by atoms with Crippen LogP contribution in [0.3, 0.4) is 0 Å². The molecule has 0 atom stereocenters. The van der Waals surface area contributed by atoms with Gasteiger partial charge < -0.3 is 5.11 Å². The summed E-state index contributed by atoms with van der Waals surface area (Å²) < 4.78 is 1.69. The molecule has 82 valence electrons. The maximum absolute atomic E-state index is 10.8. The summed E-state index contributed by atoms with van der Waals surface area (Å²) in [5, 5.41) is 13.1. The molecule has 0 bridgehead atoms. The lowest BCUT2D eigenvalue weighted by atomic mass is 10.2. The second-order valence-corrected chi connectivity index (χ2v) is 3.50. The van der Waals surface area contributed by atoms with Crippen molar-refractivity contribution in [3.05, 3.63) is 47.8 Å². The normalized spacial score (nSPS) is 10.3. The highest BCUT2D eigenvalue weighted by atomic mass is 16.4. The molecular weight excluding hydrogens is 204 g/mol. The van der Waals surface area contributed by atoms with E-state index < -0.39 is 5.97 Å². The number of aromatic carboxylic acids is 1. The Bertz CT molecular complexity index is 517. The zero-order valence-electron chi connectivity index (χ0n) is 8.92. The smallest absolute Gasteiger partial charge is 0.335 e. The molecule has 0 radical (unpaired) electrons. The van der Waals surface area contributed by atoms with Gasteiger partial charge in [-0.15, -0.1) is 0 Å². The van der Waals surface area contributed by atoms with E-state index in [2.05, 4.69) is 12.0 Å². The number of aromatic nitrogens is 2. The van der Waals surface area contributed by atoms with E-state index in [4.69, 9.17) is 5.11 Å². The highest BCUT2D eigenvalue weighted by Gasteiger charge is 2.05. The van der Waals surface area contributed by atoms with Crippen LogP contribution in [0.15, 0.2) is 36.7 Å². The standard InChI is InChI=1S/C12H12N2O2/c1-2-9-7-13-14(8-9)11-5-3-4-10(6-11)12(15)16/h3-8H,2H2,1H3,(H,15,16). The molecule has 2 aromatic rings. The summed E-state index contributed by atoms with van der Waals surface area (Å²) in [5.74, 6) is -0.926.